The fourth-order valence-electron chi connectivity index (χ4n) is 16.7. The summed E-state index contributed by atoms with van der Waals surface area (Å²) in [5, 5.41) is 29.5. The number of hydrogen-bond acceptors (Lipinski definition) is 17. The van der Waals surface area contributed by atoms with Gasteiger partial charge in [0.2, 0.25) is 29.5 Å². The van der Waals surface area contributed by atoms with Crippen molar-refractivity contribution in [2.45, 2.75) is 232 Å². The first-order valence-electron chi connectivity index (χ1n) is 40.0. The third-order valence-electron chi connectivity index (χ3n) is 22.1. The molecule has 4 heterocycles. The summed E-state index contributed by atoms with van der Waals surface area (Å²) >= 11 is 24.5. The zero-order valence-corrected chi connectivity index (χ0v) is 69.5. The highest BCUT2D eigenvalue weighted by molar-refractivity contribution is 6.35. The van der Waals surface area contributed by atoms with Crippen molar-refractivity contribution in [2.75, 3.05) is 118 Å². The van der Waals surface area contributed by atoms with Crippen molar-refractivity contribution in [1.29, 1.82) is 0 Å². The third kappa shape index (κ3) is 28.1. The van der Waals surface area contributed by atoms with Gasteiger partial charge in [0.15, 0.2) is 0 Å². The summed E-state index contributed by atoms with van der Waals surface area (Å²) in [5.41, 5.74) is 0.556. The number of nitrogens with zero attached hydrogens (tertiary/aromatic N) is 8. The molecule has 4 saturated carbocycles. The average molecular weight is 1620 g/mol. The van der Waals surface area contributed by atoms with Crippen molar-refractivity contribution in [3.8, 4) is 0 Å². The Hall–Kier alpha value is -6.26. The second-order valence-corrected chi connectivity index (χ2v) is 34.0. The average Bonchev–Trinajstić information content (AvgIpc) is 0.827. The number of benzene rings is 2. The van der Waals surface area contributed by atoms with E-state index in [4.69, 9.17) is 60.6 Å². The number of hydrogen-bond donors (Lipinski definition) is 5. The minimum absolute atomic E-state index is 0.0140. The summed E-state index contributed by atoms with van der Waals surface area (Å²) in [6, 6.07) is 9.46. The molecule has 5 N–H and O–H groups in total. The zero-order valence-electron chi connectivity index (χ0n) is 66.5. The van der Waals surface area contributed by atoms with Gasteiger partial charge in [-0.25, -0.2) is 9.59 Å². The van der Waals surface area contributed by atoms with Crippen molar-refractivity contribution >= 4 is 106 Å². The number of piperazine rings is 4. The van der Waals surface area contributed by atoms with Gasteiger partial charge in [-0.2, -0.15) is 0 Å². The lowest BCUT2D eigenvalue weighted by molar-refractivity contribution is -0.152. The Morgan fingerprint density at radius 1 is 0.436 bits per heavy atom. The molecule has 2 aromatic rings. The fraction of sp³-hybridized carbons (Fsp3) is 0.725. The SMILES string of the molecule is CC(=O)NC(Cc1ccc(Cl)cc1Cl)C(=O)N1CCN(C2CCCC[C@H]2C(=O)O)CC1.CC(C)(C)OC(=O)N1CCN(C2CCCC[C@H]2C(=O)O)CC1.CCNC(=O)[C@@H]1CCCCC1N1CCN(C(=O)C(Cc2ccc(Cl)cc2Cl)NC(C)=O)CC1.CCOC(=O)[C@@H]1CCCCC1N1CCN(C(=O)OC(C)(C)C)CC1. The number of nitrogens with one attached hydrogen (secondary N) is 3. The van der Waals surface area contributed by atoms with E-state index in [2.05, 4.69) is 35.6 Å². The van der Waals surface area contributed by atoms with Crippen LogP contribution in [-0.2, 0) is 65.4 Å². The maximum atomic E-state index is 13.3. The Morgan fingerprint density at radius 2 is 0.736 bits per heavy atom. The highest BCUT2D eigenvalue weighted by Gasteiger charge is 2.43. The van der Waals surface area contributed by atoms with Crippen LogP contribution in [0.25, 0.3) is 0 Å². The Morgan fingerprint density at radius 3 is 1.04 bits per heavy atom. The number of carboxylic acids is 2. The summed E-state index contributed by atoms with van der Waals surface area (Å²) in [4.78, 5) is 138. The molecule has 6 unspecified atom stereocenters. The van der Waals surface area contributed by atoms with Crippen molar-refractivity contribution in [3.63, 3.8) is 0 Å². The molecule has 0 aromatic heterocycles. The molecular weight excluding hydrogens is 1500 g/mol. The van der Waals surface area contributed by atoms with Crippen LogP contribution in [0.2, 0.25) is 20.1 Å². The van der Waals surface area contributed by atoms with Crippen LogP contribution in [0.4, 0.5) is 9.59 Å². The number of carboxylic acid groups (broad SMARTS) is 2. The van der Waals surface area contributed by atoms with Crippen LogP contribution in [0, 0.1) is 23.7 Å². The number of halogens is 4. The van der Waals surface area contributed by atoms with Gasteiger partial charge in [0, 0.05) is 182 Å². The Bertz CT molecular complexity index is 3390. The van der Waals surface area contributed by atoms with Crippen molar-refractivity contribution in [3.05, 3.63) is 67.6 Å². The zero-order chi connectivity index (χ0) is 80.6. The number of esters is 1. The van der Waals surface area contributed by atoms with E-state index in [0.29, 0.717) is 112 Å². The van der Waals surface area contributed by atoms with Crippen LogP contribution >= 0.6 is 46.4 Å². The molecule has 4 aliphatic carbocycles. The maximum Gasteiger partial charge on any atom is 0.410 e. The molecule has 10 rings (SSSR count). The second-order valence-electron chi connectivity index (χ2n) is 32.3. The van der Waals surface area contributed by atoms with Gasteiger partial charge in [0.1, 0.15) is 23.3 Å². The van der Waals surface area contributed by atoms with E-state index in [-0.39, 0.29) is 102 Å². The molecule has 26 nitrogen and oxygen atoms in total. The van der Waals surface area contributed by atoms with Gasteiger partial charge in [-0.05, 0) is 142 Å². The van der Waals surface area contributed by atoms with Crippen LogP contribution in [0.1, 0.15) is 183 Å². The summed E-state index contributed by atoms with van der Waals surface area (Å²) in [6.07, 6.45) is 15.8. The van der Waals surface area contributed by atoms with E-state index in [1.54, 1.807) is 51.1 Å². The first-order chi connectivity index (χ1) is 52.1. The molecule has 4 saturated heterocycles. The minimum atomic E-state index is -0.728. The molecular formula is C80H123Cl4N11O15. The van der Waals surface area contributed by atoms with E-state index < -0.39 is 35.2 Å². The lowest BCUT2D eigenvalue weighted by Gasteiger charge is -2.44. The van der Waals surface area contributed by atoms with Gasteiger partial charge in [-0.15, -0.1) is 0 Å². The fourth-order valence-corrected chi connectivity index (χ4v) is 17.7. The summed E-state index contributed by atoms with van der Waals surface area (Å²) in [7, 11) is 0. The van der Waals surface area contributed by atoms with Gasteiger partial charge in [0.25, 0.3) is 0 Å². The molecule has 2 aromatic carbocycles. The third-order valence-corrected chi connectivity index (χ3v) is 23.3. The van der Waals surface area contributed by atoms with E-state index in [1.165, 1.54) is 13.8 Å². The smallest absolute Gasteiger partial charge is 0.410 e. The van der Waals surface area contributed by atoms with Crippen molar-refractivity contribution < 1.29 is 72.4 Å². The Labute approximate surface area is 671 Å². The molecule has 0 radical (unpaired) electrons. The number of aliphatic carboxylic acids is 2. The number of carbonyl (C=O) groups is 10. The van der Waals surface area contributed by atoms with Gasteiger partial charge in [-0.3, -0.25) is 58.0 Å². The summed E-state index contributed by atoms with van der Waals surface area (Å²) < 4.78 is 16.1. The Kier molecular flexibility index (Phi) is 36.2. The normalized spacial score (nSPS) is 24.5. The van der Waals surface area contributed by atoms with Crippen LogP contribution < -0.4 is 16.0 Å². The van der Waals surface area contributed by atoms with Crippen molar-refractivity contribution in [2.24, 2.45) is 23.7 Å². The van der Waals surface area contributed by atoms with Gasteiger partial charge in [0.05, 0.1) is 30.3 Å². The monoisotopic (exact) mass is 1620 g/mol. The molecule has 0 bridgehead atoms. The topological polar surface area (TPSA) is 301 Å². The quantitative estimate of drug-likeness (QED) is 0.0684. The van der Waals surface area contributed by atoms with Gasteiger partial charge >= 0.3 is 30.1 Å². The predicted octanol–water partition coefficient (Wildman–Crippen LogP) is 10.6. The van der Waals surface area contributed by atoms with Crippen molar-refractivity contribution in [1.82, 2.24) is 55.1 Å². The first-order valence-corrected chi connectivity index (χ1v) is 41.5. The van der Waals surface area contributed by atoms with Crippen LogP contribution in [0.3, 0.4) is 0 Å². The highest BCUT2D eigenvalue weighted by atomic mass is 35.5. The molecule has 30 heteroatoms. The minimum Gasteiger partial charge on any atom is -0.481 e. The molecule has 7 amide bonds. The van der Waals surface area contributed by atoms with E-state index in [9.17, 15) is 58.2 Å². The number of amides is 7. The van der Waals surface area contributed by atoms with Crippen LogP contribution in [0.5, 0.6) is 0 Å². The van der Waals surface area contributed by atoms with Gasteiger partial charge < -0.3 is 60.0 Å². The molecule has 0 spiro atoms. The lowest BCUT2D eigenvalue weighted by Crippen LogP contribution is -2.59. The molecule has 8 fully saturated rings. The van der Waals surface area contributed by atoms with E-state index in [1.807, 2.05) is 60.3 Å². The second kappa shape index (κ2) is 43.8. The predicted molar refractivity (Wildman–Crippen MR) is 424 cm³/mol. The molecule has 8 aliphatic rings. The van der Waals surface area contributed by atoms with Crippen LogP contribution in [-0.4, -0.2) is 274 Å². The standard InChI is InChI=1S/C24H34Cl2N4O3.C22H29Cl2N3O4.C18H32N2O4.C16H28N2O4/c1-3-27-23(32)19-6-4-5-7-22(19)29-10-12-30(13-11-29)24(33)21(28-16(2)31)14-17-8-9-18(25)15-20(17)26;1-14(28)25-19(12-15-6-7-16(23)13-18(15)24)21(29)27-10-8-26(9-11-27)20-5-3-2-4-17(20)22(30)31;1-5-23-16(21)14-8-6-7-9-15(14)19-10-12-20(13-11-19)17(22)24-18(2,3)4;1-16(2,3)22-15(21)18-10-8-17(9-11-18)13-7-5-4-6-12(13)14(19)20/h8-9,15,19,21-22H,3-7,10-14H2,1-2H3,(H,27,32)(H,28,31);6-7,13,17,19-20H,2-5,8-12H2,1H3,(H,25,28)(H,30,31);14-15H,5-13H2,1-4H3;12-13H,4-11H2,1-3H3,(H,19,20)/t19-,21?,22?;17-,19?,20?;14-,15?;12-,13?/m1111/s1. The maximum absolute atomic E-state index is 13.3. The van der Waals surface area contributed by atoms with E-state index in [0.717, 1.165) is 147 Å². The molecule has 616 valence electrons. The molecule has 110 heavy (non-hydrogen) atoms. The largest absolute Gasteiger partial charge is 0.481 e. The van der Waals surface area contributed by atoms with Gasteiger partial charge in [-0.1, -0.05) is 110 Å². The number of carbonyl (C=O) groups excluding carboxylic acids is 8. The molecule has 10 atom stereocenters. The molecule has 4 aliphatic heterocycles. The number of rotatable bonds is 18. The number of ether oxygens (including phenoxy) is 3. The summed E-state index contributed by atoms with van der Waals surface area (Å²) in [6.45, 7) is 29.4. The van der Waals surface area contributed by atoms with E-state index >= 15 is 0 Å². The lowest BCUT2D eigenvalue weighted by atomic mass is 9.82. The first kappa shape index (κ1) is 90.9. The highest BCUT2D eigenvalue weighted by Crippen LogP contribution is 2.35. The Balaban J connectivity index is 0.000000207. The van der Waals surface area contributed by atoms with Crippen LogP contribution in [0.15, 0.2) is 36.4 Å². The summed E-state index contributed by atoms with van der Waals surface area (Å²) in [5.74, 6) is -2.74.